The van der Waals surface area contributed by atoms with Gasteiger partial charge in [0.05, 0.1) is 13.7 Å². The number of hydrogen-bond acceptors (Lipinski definition) is 3. The topological polar surface area (TPSA) is 51.5 Å². The van der Waals surface area contributed by atoms with E-state index in [1.54, 1.807) is 7.11 Å². The maximum Gasteiger partial charge on any atom is 0.220 e. The summed E-state index contributed by atoms with van der Waals surface area (Å²) in [6, 6.07) is 18.9. The molecule has 0 aliphatic heterocycles. The lowest BCUT2D eigenvalue weighted by Crippen LogP contribution is -2.22. The average molecular weight is 370 g/mol. The van der Waals surface area contributed by atoms with Crippen LogP contribution in [0.4, 0.5) is 0 Å². The molecule has 3 rings (SSSR count). The van der Waals surface area contributed by atoms with E-state index in [-0.39, 0.29) is 5.91 Å². The van der Waals surface area contributed by atoms with Gasteiger partial charge in [-0.3, -0.25) is 4.79 Å². The van der Waals surface area contributed by atoms with Gasteiger partial charge < -0.3 is 14.5 Å². The van der Waals surface area contributed by atoms with Gasteiger partial charge in [0.25, 0.3) is 0 Å². The van der Waals surface area contributed by atoms with Crippen molar-refractivity contribution in [1.29, 1.82) is 0 Å². The number of aryl methyl sites for hydroxylation is 1. The molecule has 0 fully saturated rings. The molecule has 2 aromatic carbocycles. The first kappa shape index (κ1) is 18.1. The number of furan rings is 1. The van der Waals surface area contributed by atoms with Crippen LogP contribution in [0.2, 0.25) is 5.02 Å². The number of ether oxygens (including phenoxy) is 1. The van der Waals surface area contributed by atoms with Crippen molar-refractivity contribution in [3.05, 3.63) is 77.0 Å². The van der Waals surface area contributed by atoms with Crippen LogP contribution in [0.25, 0.3) is 11.3 Å². The lowest BCUT2D eigenvalue weighted by molar-refractivity contribution is -0.121. The molecule has 0 saturated heterocycles. The van der Waals surface area contributed by atoms with Gasteiger partial charge in [0.2, 0.25) is 5.91 Å². The fourth-order valence-corrected chi connectivity index (χ4v) is 2.80. The highest BCUT2D eigenvalue weighted by molar-refractivity contribution is 6.30. The minimum Gasteiger partial charge on any atom is -0.496 e. The highest BCUT2D eigenvalue weighted by atomic mass is 35.5. The lowest BCUT2D eigenvalue weighted by Gasteiger charge is -2.08. The summed E-state index contributed by atoms with van der Waals surface area (Å²) in [5, 5.41) is 3.57. The van der Waals surface area contributed by atoms with Crippen molar-refractivity contribution < 1.29 is 13.9 Å². The van der Waals surface area contributed by atoms with Crippen molar-refractivity contribution in [3.63, 3.8) is 0 Å². The van der Waals surface area contributed by atoms with E-state index < -0.39 is 0 Å². The molecule has 1 heterocycles. The zero-order valence-electron chi connectivity index (χ0n) is 14.5. The van der Waals surface area contributed by atoms with Gasteiger partial charge in [-0.2, -0.15) is 0 Å². The molecule has 0 spiro atoms. The fraction of sp³-hybridized carbons (Fsp3) is 0.190. The largest absolute Gasteiger partial charge is 0.496 e. The van der Waals surface area contributed by atoms with Crippen molar-refractivity contribution in [2.45, 2.75) is 19.4 Å². The summed E-state index contributed by atoms with van der Waals surface area (Å²) < 4.78 is 11.1. The Kier molecular flexibility index (Phi) is 5.97. The summed E-state index contributed by atoms with van der Waals surface area (Å²) in [5.74, 6) is 2.24. The molecule has 4 nitrogen and oxygen atoms in total. The smallest absolute Gasteiger partial charge is 0.220 e. The third kappa shape index (κ3) is 4.67. The Morgan fingerprint density at radius 1 is 1.08 bits per heavy atom. The van der Waals surface area contributed by atoms with E-state index in [1.807, 2.05) is 60.7 Å². The first-order valence-corrected chi connectivity index (χ1v) is 8.77. The van der Waals surface area contributed by atoms with Crippen molar-refractivity contribution in [3.8, 4) is 17.1 Å². The van der Waals surface area contributed by atoms with E-state index in [0.717, 1.165) is 22.6 Å². The molecule has 5 heteroatoms. The molecule has 134 valence electrons. The average Bonchev–Trinajstić information content (AvgIpc) is 3.14. The number of nitrogens with one attached hydrogen (secondary N) is 1. The van der Waals surface area contributed by atoms with Crippen LogP contribution < -0.4 is 10.1 Å². The number of carbonyl (C=O) groups is 1. The maximum atomic E-state index is 12.1. The quantitative estimate of drug-likeness (QED) is 0.647. The third-order valence-corrected chi connectivity index (χ3v) is 4.32. The van der Waals surface area contributed by atoms with Crippen molar-refractivity contribution in [2.24, 2.45) is 0 Å². The van der Waals surface area contributed by atoms with Crippen LogP contribution in [0.5, 0.6) is 5.75 Å². The van der Waals surface area contributed by atoms with E-state index in [1.165, 1.54) is 0 Å². The zero-order valence-corrected chi connectivity index (χ0v) is 15.3. The van der Waals surface area contributed by atoms with E-state index >= 15 is 0 Å². The third-order valence-electron chi connectivity index (χ3n) is 4.06. The summed E-state index contributed by atoms with van der Waals surface area (Å²) in [6.07, 6.45) is 1.02. The van der Waals surface area contributed by atoms with E-state index in [9.17, 15) is 4.79 Å². The van der Waals surface area contributed by atoms with Gasteiger partial charge in [-0.15, -0.1) is 0 Å². The highest BCUT2D eigenvalue weighted by Gasteiger charge is 2.08. The molecule has 0 atom stereocenters. The second-order valence-corrected chi connectivity index (χ2v) is 6.30. The highest BCUT2D eigenvalue weighted by Crippen LogP contribution is 2.24. The normalized spacial score (nSPS) is 10.5. The lowest BCUT2D eigenvalue weighted by atomic mass is 10.1. The van der Waals surface area contributed by atoms with Crippen molar-refractivity contribution >= 4 is 17.5 Å². The molecule has 0 aliphatic carbocycles. The molecule has 0 aliphatic rings. The Labute approximate surface area is 157 Å². The molecule has 1 amide bonds. The molecule has 0 bridgehead atoms. The van der Waals surface area contributed by atoms with Crippen LogP contribution in [0.3, 0.4) is 0 Å². The van der Waals surface area contributed by atoms with Crippen LogP contribution in [0.15, 0.2) is 65.1 Å². The summed E-state index contributed by atoms with van der Waals surface area (Å²) >= 11 is 5.90. The zero-order chi connectivity index (χ0) is 18.4. The maximum absolute atomic E-state index is 12.1. The Balaban J connectivity index is 1.51. The second kappa shape index (κ2) is 8.59. The van der Waals surface area contributed by atoms with Gasteiger partial charge in [0.1, 0.15) is 17.3 Å². The van der Waals surface area contributed by atoms with Crippen LogP contribution in [0.1, 0.15) is 17.7 Å². The van der Waals surface area contributed by atoms with Gasteiger partial charge >= 0.3 is 0 Å². The molecule has 1 N–H and O–H groups in total. The Bertz CT molecular complexity index is 871. The fourth-order valence-electron chi connectivity index (χ4n) is 2.67. The number of amides is 1. The number of hydrogen-bond donors (Lipinski definition) is 1. The van der Waals surface area contributed by atoms with Crippen LogP contribution in [-0.2, 0) is 17.8 Å². The summed E-state index contributed by atoms with van der Waals surface area (Å²) in [6.45, 7) is 0.359. The minimum absolute atomic E-state index is 0.0275. The van der Waals surface area contributed by atoms with Gasteiger partial charge in [0.15, 0.2) is 0 Å². The molecular formula is C21H20ClNO3. The summed E-state index contributed by atoms with van der Waals surface area (Å²) in [4.78, 5) is 12.1. The van der Waals surface area contributed by atoms with Crippen LogP contribution in [0, 0.1) is 0 Å². The molecule has 0 saturated carbocycles. The molecule has 3 aromatic rings. The van der Waals surface area contributed by atoms with Crippen LogP contribution in [-0.4, -0.2) is 13.0 Å². The number of carbonyl (C=O) groups excluding carboxylic acids is 1. The number of para-hydroxylation sites is 1. The first-order chi connectivity index (χ1) is 12.7. The standard InChI is InChI=1S/C21H20ClNO3/c1-25-19-5-3-2-4-15(19)8-13-21(24)23-14-18-11-12-20(26-18)16-6-9-17(22)10-7-16/h2-7,9-12H,8,13-14H2,1H3,(H,23,24). The van der Waals surface area contributed by atoms with Gasteiger partial charge in [-0.05, 0) is 54.4 Å². The Hall–Kier alpha value is -2.72. The predicted octanol–water partition coefficient (Wildman–Crippen LogP) is 4.86. The molecular weight excluding hydrogens is 350 g/mol. The molecule has 0 radical (unpaired) electrons. The molecule has 26 heavy (non-hydrogen) atoms. The van der Waals surface area contributed by atoms with Gasteiger partial charge in [-0.1, -0.05) is 29.8 Å². The predicted molar refractivity (Wildman–Crippen MR) is 102 cm³/mol. The van der Waals surface area contributed by atoms with Crippen molar-refractivity contribution in [1.82, 2.24) is 5.32 Å². The number of benzene rings is 2. The van der Waals surface area contributed by atoms with Crippen LogP contribution >= 0.6 is 11.6 Å². The van der Waals surface area contributed by atoms with E-state index in [0.29, 0.717) is 30.2 Å². The first-order valence-electron chi connectivity index (χ1n) is 8.39. The number of halogens is 1. The minimum atomic E-state index is -0.0275. The molecule has 1 aromatic heterocycles. The van der Waals surface area contributed by atoms with E-state index in [4.69, 9.17) is 20.8 Å². The van der Waals surface area contributed by atoms with Crippen molar-refractivity contribution in [2.75, 3.05) is 7.11 Å². The SMILES string of the molecule is COc1ccccc1CCC(=O)NCc1ccc(-c2ccc(Cl)cc2)o1. The van der Waals surface area contributed by atoms with E-state index in [2.05, 4.69) is 5.32 Å². The second-order valence-electron chi connectivity index (χ2n) is 5.86. The summed E-state index contributed by atoms with van der Waals surface area (Å²) in [5.41, 5.74) is 1.97. The number of rotatable bonds is 7. The molecule has 0 unspecified atom stereocenters. The van der Waals surface area contributed by atoms with Gasteiger partial charge in [-0.25, -0.2) is 0 Å². The Morgan fingerprint density at radius 2 is 1.85 bits per heavy atom. The Morgan fingerprint density at radius 3 is 2.62 bits per heavy atom. The number of methoxy groups -OCH3 is 1. The monoisotopic (exact) mass is 369 g/mol. The van der Waals surface area contributed by atoms with Gasteiger partial charge in [0, 0.05) is 17.0 Å². The summed E-state index contributed by atoms with van der Waals surface area (Å²) in [7, 11) is 1.63.